The van der Waals surface area contributed by atoms with Crippen molar-refractivity contribution >= 4 is 45.6 Å². The Balaban J connectivity index is 1.68. The molecule has 98 valence electrons. The lowest BCUT2D eigenvalue weighted by atomic mass is 10.1. The molecule has 1 aromatic carbocycles. The molecule has 1 heterocycles. The number of rotatable bonds is 3. The predicted octanol–water partition coefficient (Wildman–Crippen LogP) is 3.59. The Kier molecular flexibility index (Phi) is 3.43. The molecule has 2 aromatic rings. The summed E-state index contributed by atoms with van der Waals surface area (Å²) in [5.41, 5.74) is 1.01. The summed E-state index contributed by atoms with van der Waals surface area (Å²) in [5.74, 6) is 0.154. The summed E-state index contributed by atoms with van der Waals surface area (Å²) in [6.07, 6.45) is 2.35. The third-order valence-electron chi connectivity index (χ3n) is 3.05. The average molecular weight is 314 g/mol. The second-order valence-electron chi connectivity index (χ2n) is 4.42. The van der Waals surface area contributed by atoms with Crippen LogP contribution in [0.3, 0.4) is 0 Å². The van der Waals surface area contributed by atoms with Crippen molar-refractivity contribution in [2.24, 2.45) is 5.92 Å². The van der Waals surface area contributed by atoms with Crippen molar-refractivity contribution in [1.82, 2.24) is 9.59 Å². The summed E-state index contributed by atoms with van der Waals surface area (Å²) in [5, 5.41) is 8.34. The first-order chi connectivity index (χ1) is 9.13. The van der Waals surface area contributed by atoms with Crippen LogP contribution in [0.4, 0.5) is 5.00 Å². The van der Waals surface area contributed by atoms with Crippen molar-refractivity contribution in [2.45, 2.75) is 12.3 Å². The van der Waals surface area contributed by atoms with Crippen LogP contribution in [0.1, 0.15) is 17.9 Å². The van der Waals surface area contributed by atoms with Gasteiger partial charge in [-0.1, -0.05) is 27.7 Å². The molecular weight excluding hydrogens is 305 g/mol. The number of benzene rings is 1. The molecule has 0 spiro atoms. The van der Waals surface area contributed by atoms with Crippen molar-refractivity contribution in [3.63, 3.8) is 0 Å². The third-order valence-corrected chi connectivity index (χ3v) is 4.06. The van der Waals surface area contributed by atoms with E-state index in [2.05, 4.69) is 14.9 Å². The zero-order chi connectivity index (χ0) is 13.4. The van der Waals surface area contributed by atoms with Crippen LogP contribution >= 0.6 is 34.7 Å². The highest BCUT2D eigenvalue weighted by molar-refractivity contribution is 7.10. The van der Waals surface area contributed by atoms with Crippen molar-refractivity contribution in [1.29, 1.82) is 0 Å². The Bertz CT molecular complexity index is 597. The Hall–Kier alpha value is -1.17. The van der Waals surface area contributed by atoms with E-state index in [1.165, 1.54) is 6.20 Å². The van der Waals surface area contributed by atoms with Gasteiger partial charge >= 0.3 is 0 Å². The maximum atomic E-state index is 12.0. The van der Waals surface area contributed by atoms with Crippen LogP contribution < -0.4 is 5.32 Å². The molecule has 1 fully saturated rings. The van der Waals surface area contributed by atoms with Crippen molar-refractivity contribution in [3.8, 4) is 0 Å². The number of nitrogens with one attached hydrogen (secondary N) is 1. The fourth-order valence-corrected chi connectivity index (χ4v) is 3.04. The van der Waals surface area contributed by atoms with E-state index in [1.54, 1.807) is 6.07 Å². The second kappa shape index (κ2) is 5.07. The molecule has 0 bridgehead atoms. The lowest BCUT2D eigenvalue weighted by Crippen LogP contribution is -2.13. The summed E-state index contributed by atoms with van der Waals surface area (Å²) < 4.78 is 3.70. The monoisotopic (exact) mass is 313 g/mol. The third kappa shape index (κ3) is 2.88. The lowest BCUT2D eigenvalue weighted by Gasteiger charge is -2.03. The van der Waals surface area contributed by atoms with E-state index >= 15 is 0 Å². The number of aromatic nitrogens is 2. The first-order valence-corrected chi connectivity index (χ1v) is 7.20. The molecule has 1 N–H and O–H groups in total. The van der Waals surface area contributed by atoms with Gasteiger partial charge in [-0.15, -0.1) is 5.10 Å². The van der Waals surface area contributed by atoms with Gasteiger partial charge in [0.25, 0.3) is 0 Å². The fraction of sp³-hybridized carbons (Fsp3) is 0.250. The van der Waals surface area contributed by atoms with Gasteiger partial charge in [-0.3, -0.25) is 4.79 Å². The smallest absolute Gasteiger partial charge is 0.228 e. The number of halogens is 2. The van der Waals surface area contributed by atoms with E-state index in [1.807, 2.05) is 12.1 Å². The van der Waals surface area contributed by atoms with Crippen LogP contribution in [0.15, 0.2) is 24.4 Å². The number of carbonyl (C=O) groups excluding carboxylic acids is 1. The first-order valence-electron chi connectivity index (χ1n) is 5.67. The maximum Gasteiger partial charge on any atom is 0.228 e. The quantitative estimate of drug-likeness (QED) is 0.942. The molecule has 1 saturated carbocycles. The average Bonchev–Trinajstić information content (AvgIpc) is 3.00. The summed E-state index contributed by atoms with van der Waals surface area (Å²) in [6, 6.07) is 5.41. The molecule has 0 saturated heterocycles. The van der Waals surface area contributed by atoms with Crippen LogP contribution in [0.5, 0.6) is 0 Å². The van der Waals surface area contributed by atoms with Gasteiger partial charge in [0.15, 0.2) is 0 Å². The molecule has 1 aliphatic carbocycles. The van der Waals surface area contributed by atoms with Gasteiger partial charge in [0.05, 0.1) is 6.20 Å². The van der Waals surface area contributed by atoms with E-state index in [-0.39, 0.29) is 17.7 Å². The molecule has 19 heavy (non-hydrogen) atoms. The van der Waals surface area contributed by atoms with Crippen molar-refractivity contribution < 1.29 is 4.79 Å². The Morgan fingerprint density at radius 2 is 2.05 bits per heavy atom. The number of hydrogen-bond donors (Lipinski definition) is 1. The van der Waals surface area contributed by atoms with Gasteiger partial charge in [0, 0.05) is 27.5 Å². The molecule has 1 aromatic heterocycles. The van der Waals surface area contributed by atoms with Crippen LogP contribution in [-0.4, -0.2) is 15.5 Å². The summed E-state index contributed by atoms with van der Waals surface area (Å²) in [6.45, 7) is 0. The van der Waals surface area contributed by atoms with Gasteiger partial charge in [-0.05, 0) is 36.1 Å². The van der Waals surface area contributed by atoms with Gasteiger partial charge in [0.2, 0.25) is 5.91 Å². The van der Waals surface area contributed by atoms with E-state index < -0.39 is 0 Å². The van der Waals surface area contributed by atoms with Gasteiger partial charge in [-0.25, -0.2) is 0 Å². The van der Waals surface area contributed by atoms with Gasteiger partial charge in [-0.2, -0.15) is 0 Å². The minimum atomic E-state index is -0.0309. The topological polar surface area (TPSA) is 54.9 Å². The van der Waals surface area contributed by atoms with E-state index in [0.29, 0.717) is 15.0 Å². The van der Waals surface area contributed by atoms with Gasteiger partial charge < -0.3 is 5.32 Å². The maximum absolute atomic E-state index is 12.0. The second-order valence-corrected chi connectivity index (χ2v) is 6.08. The van der Waals surface area contributed by atoms with Crippen LogP contribution in [0.2, 0.25) is 10.0 Å². The van der Waals surface area contributed by atoms with E-state index in [9.17, 15) is 4.79 Å². The van der Waals surface area contributed by atoms with Crippen LogP contribution in [0.25, 0.3) is 0 Å². The van der Waals surface area contributed by atoms with Crippen LogP contribution in [-0.2, 0) is 4.79 Å². The summed E-state index contributed by atoms with van der Waals surface area (Å²) >= 11 is 13.1. The zero-order valence-electron chi connectivity index (χ0n) is 9.64. The Labute approximate surface area is 123 Å². The SMILES string of the molecule is O=C(Nc1cnns1)[C@@H]1C[C@@H]1c1cc(Cl)cc(Cl)c1. The highest BCUT2D eigenvalue weighted by Crippen LogP contribution is 2.49. The molecule has 0 aliphatic heterocycles. The molecular formula is C12H9Cl2N3OS. The molecule has 0 unspecified atom stereocenters. The highest BCUT2D eigenvalue weighted by atomic mass is 35.5. The predicted molar refractivity (Wildman–Crippen MR) is 75.8 cm³/mol. The number of nitrogens with zero attached hydrogens (tertiary/aromatic N) is 2. The number of hydrogen-bond acceptors (Lipinski definition) is 4. The number of amides is 1. The number of anilines is 1. The Morgan fingerprint density at radius 3 is 2.68 bits per heavy atom. The van der Waals surface area contributed by atoms with E-state index in [0.717, 1.165) is 23.5 Å². The molecule has 4 nitrogen and oxygen atoms in total. The lowest BCUT2D eigenvalue weighted by molar-refractivity contribution is -0.117. The first kappa shape index (κ1) is 12.8. The molecule has 1 aliphatic rings. The summed E-state index contributed by atoms with van der Waals surface area (Å²) in [7, 11) is 0. The molecule has 2 atom stereocenters. The van der Waals surface area contributed by atoms with Crippen molar-refractivity contribution in [2.75, 3.05) is 5.32 Å². The summed E-state index contributed by atoms with van der Waals surface area (Å²) in [4.78, 5) is 12.0. The minimum absolute atomic E-state index is 0.00727. The van der Waals surface area contributed by atoms with Crippen LogP contribution in [0, 0.1) is 5.92 Å². The molecule has 7 heteroatoms. The zero-order valence-corrected chi connectivity index (χ0v) is 12.0. The number of carbonyl (C=O) groups is 1. The molecule has 3 rings (SSSR count). The Morgan fingerprint density at radius 1 is 1.32 bits per heavy atom. The standard InChI is InChI=1S/C12H9Cl2N3OS/c13-7-1-6(2-8(14)3-7)9-4-10(9)12(18)16-11-5-15-17-19-11/h1-3,5,9-10H,4H2,(H,16,18)/t9-,10-/m1/s1. The highest BCUT2D eigenvalue weighted by Gasteiger charge is 2.44. The largest absolute Gasteiger partial charge is 0.315 e. The molecule has 0 radical (unpaired) electrons. The molecule has 1 amide bonds. The fourth-order valence-electron chi connectivity index (χ4n) is 2.08. The van der Waals surface area contributed by atoms with E-state index in [4.69, 9.17) is 23.2 Å². The van der Waals surface area contributed by atoms with Gasteiger partial charge in [0.1, 0.15) is 5.00 Å². The van der Waals surface area contributed by atoms with Crippen molar-refractivity contribution in [3.05, 3.63) is 40.0 Å². The normalized spacial score (nSPS) is 21.2. The minimum Gasteiger partial charge on any atom is -0.315 e.